The van der Waals surface area contributed by atoms with E-state index in [1.807, 2.05) is 0 Å². The number of phosphoric ester groups is 2. The summed E-state index contributed by atoms with van der Waals surface area (Å²) in [6.45, 7) is 9.66. The average molecular weight is 1480 g/mol. The van der Waals surface area contributed by atoms with Crippen molar-refractivity contribution in [3.8, 4) is 0 Å². The van der Waals surface area contributed by atoms with Crippen LogP contribution in [0, 0.1) is 11.8 Å². The molecule has 0 bridgehead atoms. The number of hydrogen-bond acceptors (Lipinski definition) is 15. The molecule has 5 atom stereocenters. The highest BCUT2D eigenvalue weighted by atomic mass is 31.2. The van der Waals surface area contributed by atoms with Gasteiger partial charge in [0.2, 0.25) is 0 Å². The summed E-state index contributed by atoms with van der Waals surface area (Å²) in [5.41, 5.74) is 0. The van der Waals surface area contributed by atoms with Crippen molar-refractivity contribution in [1.82, 2.24) is 0 Å². The molecule has 0 amide bonds. The Balaban J connectivity index is 5.25. The highest BCUT2D eigenvalue weighted by Gasteiger charge is 2.30. The van der Waals surface area contributed by atoms with Crippen molar-refractivity contribution in [2.75, 3.05) is 39.6 Å². The SMILES string of the molecule is CCCCCCCCCCCCCCCCCCCCCCC(=O)O[C@H](COC(=O)CCCCCCCCCCCCCCC(C)C)COP(=O)(O)OC[C@@H](O)COP(=O)(O)OC[C@@H](COC(=O)CCCCCCCCCCCCCC)OC(=O)CCCCCCCCCCCCCC(C)C. The fraction of sp³-hybridized carbons (Fsp3) is 0.951. The van der Waals surface area contributed by atoms with Crippen LogP contribution in [0.15, 0.2) is 0 Å². The van der Waals surface area contributed by atoms with Crippen LogP contribution in [0.4, 0.5) is 0 Å². The first-order valence-corrected chi connectivity index (χ1v) is 45.5. The van der Waals surface area contributed by atoms with Gasteiger partial charge in [-0.3, -0.25) is 37.3 Å². The minimum Gasteiger partial charge on any atom is -0.462 e. The van der Waals surface area contributed by atoms with Crippen LogP contribution in [0.25, 0.3) is 0 Å². The molecule has 0 aromatic rings. The highest BCUT2D eigenvalue weighted by Crippen LogP contribution is 2.45. The number of esters is 4. The first-order chi connectivity index (χ1) is 48.9. The van der Waals surface area contributed by atoms with Crippen molar-refractivity contribution < 1.29 is 80.2 Å². The number of aliphatic hydroxyl groups is 1. The Labute approximate surface area is 619 Å². The first kappa shape index (κ1) is 99.1. The second-order valence-corrected chi connectivity index (χ2v) is 33.4. The van der Waals surface area contributed by atoms with Crippen molar-refractivity contribution in [3.63, 3.8) is 0 Å². The third-order valence-electron chi connectivity index (χ3n) is 19.2. The molecule has 0 fully saturated rings. The number of phosphoric acid groups is 2. The molecule has 0 rings (SSSR count). The van der Waals surface area contributed by atoms with Gasteiger partial charge in [-0.2, -0.15) is 0 Å². The van der Waals surface area contributed by atoms with E-state index in [9.17, 15) is 43.2 Å². The van der Waals surface area contributed by atoms with Crippen LogP contribution >= 0.6 is 15.6 Å². The van der Waals surface area contributed by atoms with Crippen molar-refractivity contribution in [1.29, 1.82) is 0 Å². The van der Waals surface area contributed by atoms with Gasteiger partial charge in [-0.1, -0.05) is 382 Å². The lowest BCUT2D eigenvalue weighted by atomic mass is 10.0. The number of aliphatic hydroxyl groups excluding tert-OH is 1. The number of unbranched alkanes of at least 4 members (excludes halogenated alkanes) is 51. The van der Waals surface area contributed by atoms with Crippen LogP contribution < -0.4 is 0 Å². The number of carbonyl (C=O) groups is 4. The molecule has 0 aromatic carbocycles. The fourth-order valence-corrected chi connectivity index (χ4v) is 14.3. The molecule has 0 saturated heterocycles. The number of rotatable bonds is 81. The second-order valence-electron chi connectivity index (χ2n) is 30.5. The van der Waals surface area contributed by atoms with Gasteiger partial charge in [0.15, 0.2) is 12.2 Å². The van der Waals surface area contributed by atoms with Gasteiger partial charge in [0.25, 0.3) is 0 Å². The van der Waals surface area contributed by atoms with Crippen LogP contribution in [-0.2, 0) is 65.4 Å². The molecule has 0 spiro atoms. The van der Waals surface area contributed by atoms with Crippen molar-refractivity contribution >= 4 is 39.5 Å². The molecule has 0 aliphatic heterocycles. The van der Waals surface area contributed by atoms with Gasteiger partial charge in [0.1, 0.15) is 19.3 Å². The maximum atomic E-state index is 13.1. The van der Waals surface area contributed by atoms with E-state index in [-0.39, 0.29) is 25.7 Å². The van der Waals surface area contributed by atoms with Crippen LogP contribution in [-0.4, -0.2) is 96.7 Å². The Hall–Kier alpha value is -1.94. The van der Waals surface area contributed by atoms with E-state index >= 15 is 0 Å². The zero-order valence-corrected chi connectivity index (χ0v) is 68.0. The Morgan fingerprint density at radius 1 is 0.267 bits per heavy atom. The summed E-state index contributed by atoms with van der Waals surface area (Å²) in [4.78, 5) is 73.1. The number of hydrogen-bond donors (Lipinski definition) is 3. The third-order valence-corrected chi connectivity index (χ3v) is 21.1. The van der Waals surface area contributed by atoms with E-state index in [1.54, 1.807) is 0 Å². The monoisotopic (exact) mass is 1480 g/mol. The maximum Gasteiger partial charge on any atom is 0.472 e. The Morgan fingerprint density at radius 2 is 0.455 bits per heavy atom. The van der Waals surface area contributed by atoms with E-state index in [4.69, 9.17) is 37.0 Å². The molecule has 19 heteroatoms. The lowest BCUT2D eigenvalue weighted by Crippen LogP contribution is -2.30. The summed E-state index contributed by atoms with van der Waals surface area (Å²) in [5, 5.41) is 10.7. The van der Waals surface area contributed by atoms with Gasteiger partial charge >= 0.3 is 39.5 Å². The van der Waals surface area contributed by atoms with Gasteiger partial charge in [-0.15, -0.1) is 0 Å². The Morgan fingerprint density at radius 3 is 0.673 bits per heavy atom. The zero-order chi connectivity index (χ0) is 74.2. The summed E-state index contributed by atoms with van der Waals surface area (Å²) >= 11 is 0. The molecule has 0 radical (unpaired) electrons. The molecule has 0 aliphatic carbocycles. The highest BCUT2D eigenvalue weighted by molar-refractivity contribution is 7.47. The van der Waals surface area contributed by atoms with Crippen molar-refractivity contribution in [3.05, 3.63) is 0 Å². The van der Waals surface area contributed by atoms with E-state index in [1.165, 1.54) is 250 Å². The van der Waals surface area contributed by atoms with Crippen LogP contribution in [0.1, 0.15) is 433 Å². The summed E-state index contributed by atoms with van der Waals surface area (Å²) in [6, 6.07) is 0. The van der Waals surface area contributed by atoms with Gasteiger partial charge in [-0.25, -0.2) is 9.13 Å². The Bertz CT molecular complexity index is 1940. The molecular weight excluding hydrogens is 1320 g/mol. The maximum absolute atomic E-state index is 13.1. The average Bonchev–Trinajstić information content (AvgIpc) is 0.958. The van der Waals surface area contributed by atoms with Gasteiger partial charge in [0.05, 0.1) is 26.4 Å². The zero-order valence-electron chi connectivity index (χ0n) is 66.2. The lowest BCUT2D eigenvalue weighted by molar-refractivity contribution is -0.161. The van der Waals surface area contributed by atoms with Gasteiger partial charge < -0.3 is 33.8 Å². The van der Waals surface area contributed by atoms with Gasteiger partial charge in [-0.05, 0) is 37.5 Å². The molecule has 101 heavy (non-hydrogen) atoms. The fourth-order valence-electron chi connectivity index (χ4n) is 12.7. The molecule has 2 unspecified atom stereocenters. The predicted octanol–water partition coefficient (Wildman–Crippen LogP) is 24.7. The standard InChI is InChI=1S/C82H160O17P2/c1-7-9-11-13-15-17-19-21-22-23-24-25-26-27-28-36-42-48-54-60-66-81(86)98-77(71-93-80(85)65-59-53-47-41-35-30-29-32-38-44-50-56-62-74(3)4)72-96-100(88,89)94-68-76(83)69-95-101(90,91)97-73-78(70-92-79(84)64-58-52-46-40-34-20-18-16-14-12-10-8-2)99-82(87)67-61-55-49-43-37-31-33-39-45-51-57-63-75(5)6/h74-78,83H,7-73H2,1-6H3,(H,88,89)(H,90,91)/t76-,77-,78-/m1/s1. The molecule has 0 aromatic heterocycles. The summed E-state index contributed by atoms with van der Waals surface area (Å²) < 4.78 is 68.8. The molecule has 0 aliphatic rings. The minimum atomic E-state index is -4.96. The molecular formula is C82H160O17P2. The largest absolute Gasteiger partial charge is 0.472 e. The first-order valence-electron chi connectivity index (χ1n) is 42.5. The third kappa shape index (κ3) is 76.1. The predicted molar refractivity (Wildman–Crippen MR) is 414 cm³/mol. The van der Waals surface area contributed by atoms with E-state index in [0.29, 0.717) is 25.7 Å². The molecule has 600 valence electrons. The van der Waals surface area contributed by atoms with Gasteiger partial charge in [0, 0.05) is 25.7 Å². The second kappa shape index (κ2) is 73.6. The lowest BCUT2D eigenvalue weighted by Gasteiger charge is -2.21. The summed E-state index contributed by atoms with van der Waals surface area (Å²) in [5.74, 6) is -0.559. The minimum absolute atomic E-state index is 0.107. The van der Waals surface area contributed by atoms with E-state index in [0.717, 1.165) is 102 Å². The smallest absolute Gasteiger partial charge is 0.462 e. The van der Waals surface area contributed by atoms with Crippen LogP contribution in [0.5, 0.6) is 0 Å². The molecule has 17 nitrogen and oxygen atoms in total. The summed E-state index contributed by atoms with van der Waals surface area (Å²) in [6.07, 6.45) is 63.8. The van der Waals surface area contributed by atoms with Crippen LogP contribution in [0.2, 0.25) is 0 Å². The normalized spacial score (nSPS) is 13.9. The molecule has 0 saturated carbocycles. The topological polar surface area (TPSA) is 237 Å². The molecule has 0 heterocycles. The molecule has 3 N–H and O–H groups in total. The van der Waals surface area contributed by atoms with Crippen LogP contribution in [0.3, 0.4) is 0 Å². The summed E-state index contributed by atoms with van der Waals surface area (Å²) in [7, 11) is -9.92. The van der Waals surface area contributed by atoms with E-state index < -0.39 is 97.5 Å². The van der Waals surface area contributed by atoms with E-state index in [2.05, 4.69) is 41.5 Å². The van der Waals surface area contributed by atoms with Crippen molar-refractivity contribution in [2.24, 2.45) is 11.8 Å². The number of carbonyl (C=O) groups excluding carboxylic acids is 4. The Kier molecular flexibility index (Phi) is 72.2. The van der Waals surface area contributed by atoms with Crippen molar-refractivity contribution in [2.45, 2.75) is 452 Å². The number of ether oxygens (including phenoxy) is 4. The quantitative estimate of drug-likeness (QED) is 0.0222.